The van der Waals surface area contributed by atoms with Crippen LogP contribution in [-0.4, -0.2) is 49.6 Å². The Morgan fingerprint density at radius 2 is 2.36 bits per heavy atom. The summed E-state index contributed by atoms with van der Waals surface area (Å²) < 4.78 is 0. The lowest BCUT2D eigenvalue weighted by molar-refractivity contribution is 0.400. The highest BCUT2D eigenvalue weighted by Crippen LogP contribution is 2.15. The molecule has 0 spiro atoms. The largest absolute Gasteiger partial charge is 0.365 e. The fourth-order valence-electron chi connectivity index (χ4n) is 1.26. The molecule has 3 nitrogen and oxygen atoms in total. The van der Waals surface area contributed by atoms with Gasteiger partial charge in [-0.3, -0.25) is 4.99 Å². The van der Waals surface area contributed by atoms with Crippen LogP contribution in [0.1, 0.15) is 13.3 Å². The molecule has 0 fully saturated rings. The highest BCUT2D eigenvalue weighted by molar-refractivity contribution is 8.13. The fourth-order valence-corrected chi connectivity index (χ4v) is 2.17. The van der Waals surface area contributed by atoms with Crippen LogP contribution in [0.5, 0.6) is 0 Å². The summed E-state index contributed by atoms with van der Waals surface area (Å²) in [6.07, 6.45) is 1.18. The van der Waals surface area contributed by atoms with Crippen molar-refractivity contribution in [3.8, 4) is 0 Å². The molecule has 0 saturated heterocycles. The van der Waals surface area contributed by atoms with Gasteiger partial charge in [0.05, 0.1) is 0 Å². The molecule has 1 unspecified atom stereocenters. The van der Waals surface area contributed by atoms with E-state index in [2.05, 4.69) is 36.2 Å². The molecule has 0 saturated carbocycles. The topological polar surface area (TPSA) is 27.6 Å². The van der Waals surface area contributed by atoms with E-state index in [4.69, 9.17) is 0 Å². The standard InChI is InChI=1S/C10H21N3S/c1-9-7-12-10(14-8-9)11-5-4-6-13(2)3/h9H,4-8H2,1-3H3,(H,11,12). The summed E-state index contributed by atoms with van der Waals surface area (Å²) in [5.41, 5.74) is 0. The third-order valence-electron chi connectivity index (χ3n) is 2.11. The molecule has 1 aliphatic rings. The van der Waals surface area contributed by atoms with Crippen LogP contribution < -0.4 is 5.32 Å². The summed E-state index contributed by atoms with van der Waals surface area (Å²) in [4.78, 5) is 6.69. The Labute approximate surface area is 91.3 Å². The first-order valence-corrected chi connectivity index (χ1v) is 6.23. The Morgan fingerprint density at radius 1 is 1.57 bits per heavy atom. The first-order valence-electron chi connectivity index (χ1n) is 5.24. The van der Waals surface area contributed by atoms with Crippen molar-refractivity contribution in [1.29, 1.82) is 0 Å². The quantitative estimate of drug-likeness (QED) is 0.716. The van der Waals surface area contributed by atoms with Gasteiger partial charge in [-0.1, -0.05) is 18.7 Å². The second-order valence-electron chi connectivity index (χ2n) is 4.15. The monoisotopic (exact) mass is 215 g/mol. The second kappa shape index (κ2) is 6.30. The molecule has 1 N–H and O–H groups in total. The van der Waals surface area contributed by atoms with Gasteiger partial charge in [-0.05, 0) is 33.0 Å². The molecule has 0 aliphatic carbocycles. The molecule has 82 valence electrons. The predicted molar refractivity (Wildman–Crippen MR) is 65.1 cm³/mol. The SMILES string of the molecule is CC1CN=C(NCCCN(C)C)SC1. The lowest BCUT2D eigenvalue weighted by Gasteiger charge is -2.18. The van der Waals surface area contributed by atoms with E-state index < -0.39 is 0 Å². The van der Waals surface area contributed by atoms with Gasteiger partial charge in [-0.25, -0.2) is 0 Å². The number of nitrogens with one attached hydrogen (secondary N) is 1. The molecule has 4 heteroatoms. The van der Waals surface area contributed by atoms with Crippen LogP contribution in [0.25, 0.3) is 0 Å². The van der Waals surface area contributed by atoms with Crippen LogP contribution in [0, 0.1) is 5.92 Å². The third-order valence-corrected chi connectivity index (χ3v) is 3.39. The molecule has 0 aromatic carbocycles. The molecule has 1 heterocycles. The normalized spacial score (nSPS) is 22.3. The summed E-state index contributed by atoms with van der Waals surface area (Å²) in [6, 6.07) is 0. The van der Waals surface area contributed by atoms with Crippen molar-refractivity contribution in [2.45, 2.75) is 13.3 Å². The van der Waals surface area contributed by atoms with Gasteiger partial charge < -0.3 is 10.2 Å². The summed E-state index contributed by atoms with van der Waals surface area (Å²) >= 11 is 1.86. The lowest BCUT2D eigenvalue weighted by atomic mass is 10.2. The summed E-state index contributed by atoms with van der Waals surface area (Å²) in [5.74, 6) is 1.95. The Balaban J connectivity index is 2.07. The van der Waals surface area contributed by atoms with Crippen LogP contribution in [-0.2, 0) is 0 Å². The van der Waals surface area contributed by atoms with E-state index in [1.165, 1.54) is 12.2 Å². The highest BCUT2D eigenvalue weighted by atomic mass is 32.2. The molecule has 1 rings (SSSR count). The van der Waals surface area contributed by atoms with Crippen molar-refractivity contribution in [2.24, 2.45) is 10.9 Å². The number of aliphatic imine (C=N–C) groups is 1. The van der Waals surface area contributed by atoms with Gasteiger partial charge in [0, 0.05) is 18.8 Å². The number of hydrogen-bond donors (Lipinski definition) is 1. The number of nitrogens with zero attached hydrogens (tertiary/aromatic N) is 2. The Morgan fingerprint density at radius 3 is 2.93 bits per heavy atom. The van der Waals surface area contributed by atoms with E-state index in [1.807, 2.05) is 11.8 Å². The maximum atomic E-state index is 4.48. The number of hydrogen-bond acceptors (Lipinski definition) is 4. The van der Waals surface area contributed by atoms with Crippen LogP contribution >= 0.6 is 11.8 Å². The molecular weight excluding hydrogens is 194 g/mol. The third kappa shape index (κ3) is 4.86. The van der Waals surface area contributed by atoms with Gasteiger partial charge in [0.25, 0.3) is 0 Å². The Kier molecular flexibility index (Phi) is 5.33. The lowest BCUT2D eigenvalue weighted by Crippen LogP contribution is -2.28. The smallest absolute Gasteiger partial charge is 0.156 e. The van der Waals surface area contributed by atoms with E-state index in [9.17, 15) is 0 Å². The maximum absolute atomic E-state index is 4.48. The van der Waals surface area contributed by atoms with Crippen LogP contribution in [0.4, 0.5) is 0 Å². The number of rotatable bonds is 4. The van der Waals surface area contributed by atoms with E-state index >= 15 is 0 Å². The van der Waals surface area contributed by atoms with Gasteiger partial charge in [-0.15, -0.1) is 0 Å². The van der Waals surface area contributed by atoms with Crippen molar-refractivity contribution in [3.05, 3.63) is 0 Å². The van der Waals surface area contributed by atoms with E-state index in [1.54, 1.807) is 0 Å². The highest BCUT2D eigenvalue weighted by Gasteiger charge is 2.10. The molecule has 14 heavy (non-hydrogen) atoms. The van der Waals surface area contributed by atoms with Gasteiger partial charge >= 0.3 is 0 Å². The number of amidine groups is 1. The van der Waals surface area contributed by atoms with Crippen molar-refractivity contribution < 1.29 is 0 Å². The fraction of sp³-hybridized carbons (Fsp3) is 0.900. The van der Waals surface area contributed by atoms with Gasteiger partial charge in [0.2, 0.25) is 0 Å². The molecule has 0 aromatic heterocycles. The van der Waals surface area contributed by atoms with E-state index in [0.29, 0.717) is 0 Å². The van der Waals surface area contributed by atoms with E-state index in [0.717, 1.165) is 30.7 Å². The summed E-state index contributed by atoms with van der Waals surface area (Å²) in [6.45, 7) is 5.42. The zero-order chi connectivity index (χ0) is 10.4. The minimum absolute atomic E-state index is 0.743. The molecule has 0 radical (unpaired) electrons. The van der Waals surface area contributed by atoms with Crippen LogP contribution in [0.15, 0.2) is 4.99 Å². The predicted octanol–water partition coefficient (Wildman–Crippen LogP) is 1.27. The Bertz CT molecular complexity index is 192. The Hall–Kier alpha value is -0.220. The number of thioether (sulfide) groups is 1. The average molecular weight is 215 g/mol. The molecule has 1 aliphatic heterocycles. The molecular formula is C10H21N3S. The summed E-state index contributed by atoms with van der Waals surface area (Å²) in [5, 5.41) is 4.52. The van der Waals surface area contributed by atoms with Crippen LogP contribution in [0.3, 0.4) is 0 Å². The second-order valence-corrected chi connectivity index (χ2v) is 5.15. The molecule has 0 bridgehead atoms. The molecule has 0 amide bonds. The average Bonchev–Trinajstić information content (AvgIpc) is 2.15. The molecule has 0 aromatic rings. The first-order chi connectivity index (χ1) is 6.68. The first kappa shape index (κ1) is 11.9. The van der Waals surface area contributed by atoms with Crippen LogP contribution in [0.2, 0.25) is 0 Å². The minimum atomic E-state index is 0.743. The van der Waals surface area contributed by atoms with Crippen molar-refractivity contribution in [2.75, 3.05) is 39.5 Å². The molecule has 1 atom stereocenters. The van der Waals surface area contributed by atoms with E-state index in [-0.39, 0.29) is 0 Å². The van der Waals surface area contributed by atoms with Crippen molar-refractivity contribution in [1.82, 2.24) is 10.2 Å². The maximum Gasteiger partial charge on any atom is 0.156 e. The summed E-state index contributed by atoms with van der Waals surface area (Å²) in [7, 11) is 4.21. The van der Waals surface area contributed by atoms with Gasteiger partial charge in [0.1, 0.15) is 0 Å². The van der Waals surface area contributed by atoms with Gasteiger partial charge in [-0.2, -0.15) is 0 Å². The zero-order valence-electron chi connectivity index (χ0n) is 9.42. The van der Waals surface area contributed by atoms with Gasteiger partial charge in [0.15, 0.2) is 5.17 Å². The van der Waals surface area contributed by atoms with Crippen molar-refractivity contribution in [3.63, 3.8) is 0 Å². The minimum Gasteiger partial charge on any atom is -0.365 e. The zero-order valence-corrected chi connectivity index (χ0v) is 10.2. The van der Waals surface area contributed by atoms with Crippen molar-refractivity contribution >= 4 is 16.9 Å².